The predicted molar refractivity (Wildman–Crippen MR) is 166 cm³/mol. The second kappa shape index (κ2) is 9.91. The van der Waals surface area contributed by atoms with Crippen LogP contribution in [0.4, 0.5) is 0 Å². The summed E-state index contributed by atoms with van der Waals surface area (Å²) in [5.74, 6) is 2.21. The van der Waals surface area contributed by atoms with Crippen molar-refractivity contribution in [2.75, 3.05) is 0 Å². The molecule has 0 saturated heterocycles. The minimum atomic E-state index is 0.552. The van der Waals surface area contributed by atoms with Crippen LogP contribution in [0.15, 0.2) is 97.1 Å². The van der Waals surface area contributed by atoms with E-state index in [-0.39, 0.29) is 0 Å². The number of benzene rings is 4. The summed E-state index contributed by atoms with van der Waals surface area (Å²) in [6, 6.07) is 31.8. The Morgan fingerprint density at radius 1 is 0.357 bits per heavy atom. The van der Waals surface area contributed by atoms with Gasteiger partial charge in [-0.05, 0) is 21.5 Å². The Hall–Kier alpha value is -4.83. The minimum Gasteiger partial charge on any atom is -0.357 e. The van der Waals surface area contributed by atoms with E-state index in [2.05, 4.69) is 0 Å². The van der Waals surface area contributed by atoms with Crippen molar-refractivity contribution < 1.29 is 0 Å². The topological polar surface area (TPSA) is 106 Å². The Morgan fingerprint density at radius 3 is 0.857 bits per heavy atom. The molecule has 0 spiro atoms. The fraction of sp³-hybridized carbons (Fsp3) is 0. The normalized spacial score (nSPS) is 11.5. The van der Waals surface area contributed by atoms with E-state index in [1.165, 1.54) is 0 Å². The van der Waals surface area contributed by atoms with Crippen LogP contribution >= 0.6 is 9.64 Å². The van der Waals surface area contributed by atoms with Gasteiger partial charge in [-0.25, -0.2) is 9.97 Å². The Kier molecular flexibility index (Phi) is 5.88. The number of rotatable bonds is 0. The molecule has 7 aromatic rings. The van der Waals surface area contributed by atoms with Crippen LogP contribution in [0.3, 0.4) is 0 Å². The molecule has 5 heterocycles. The van der Waals surface area contributed by atoms with E-state index in [0.29, 0.717) is 45.9 Å². The molecule has 0 amide bonds. The molecule has 10 heteroatoms. The molecule has 8 bridgehead atoms. The SMILES string of the molecule is [Cl][Ga].c1ccc2c(c1)-c1nc-2nc2[n-]c(nc3nc(nc4[n-]c(n1)c1ccccc41)-c1ccccc1-3)c1ccccc21. The zero-order chi connectivity index (χ0) is 28.2. The van der Waals surface area contributed by atoms with Crippen LogP contribution < -0.4 is 9.97 Å². The van der Waals surface area contributed by atoms with Gasteiger partial charge in [-0.2, -0.15) is 0 Å². The number of halogens is 1. The molecule has 4 aromatic carbocycles. The number of nitrogens with zero attached hydrogens (tertiary/aromatic N) is 8. The van der Waals surface area contributed by atoms with Gasteiger partial charge in [-0.1, -0.05) is 97.1 Å². The molecule has 42 heavy (non-hydrogen) atoms. The number of hydrogen-bond acceptors (Lipinski definition) is 6. The first kappa shape index (κ1) is 24.9. The predicted octanol–water partition coefficient (Wildman–Crippen LogP) is 6.44. The molecule has 0 saturated carbocycles. The van der Waals surface area contributed by atoms with Crippen molar-refractivity contribution in [3.05, 3.63) is 97.1 Å². The summed E-state index contributed by atoms with van der Waals surface area (Å²) in [7, 11) is 4.70. The van der Waals surface area contributed by atoms with E-state index in [4.69, 9.17) is 49.5 Å². The molecule has 0 N–H and O–H groups in total. The van der Waals surface area contributed by atoms with Gasteiger partial charge in [0.25, 0.3) is 0 Å². The third-order valence-corrected chi connectivity index (χ3v) is 7.33. The van der Waals surface area contributed by atoms with Crippen molar-refractivity contribution in [1.82, 2.24) is 39.9 Å². The second-order valence-electron chi connectivity index (χ2n) is 9.67. The standard InChI is InChI=1S/C32H16N8.ClH.Ga/c1-2-10-18-17(9-1)25-33-26(18)38-28-21-13-5-6-14-22(21)30(35-28)40-32-24-16-8-7-15-23(24)31(36-32)39-29-20-12-4-3-11-19(20)27(34-29)37-25;;/h1-16H;1H;/q-2;;+1/p-1. The number of fused-ring (bicyclic) bond motifs is 20. The summed E-state index contributed by atoms with van der Waals surface area (Å²) in [6.45, 7) is 0. The molecule has 2 radical (unpaired) electrons. The number of hydrogen-bond donors (Lipinski definition) is 0. The van der Waals surface area contributed by atoms with E-state index in [1.54, 1.807) is 0 Å². The van der Waals surface area contributed by atoms with Gasteiger partial charge < -0.3 is 29.9 Å². The van der Waals surface area contributed by atoms with E-state index in [9.17, 15) is 0 Å². The average Bonchev–Trinajstić information content (AvgIpc) is 3.78. The summed E-state index contributed by atoms with van der Waals surface area (Å²) >= 11 is 1.16. The van der Waals surface area contributed by atoms with E-state index in [0.717, 1.165) is 61.4 Å². The maximum atomic E-state index is 4.95. The van der Waals surface area contributed by atoms with Gasteiger partial charge in [-0.15, -0.1) is 0 Å². The number of aromatic nitrogens is 8. The quantitative estimate of drug-likeness (QED) is 0.179. The molecule has 3 aromatic heterocycles. The Morgan fingerprint density at radius 2 is 0.595 bits per heavy atom. The van der Waals surface area contributed by atoms with Crippen LogP contribution in [0.1, 0.15) is 0 Å². The van der Waals surface area contributed by atoms with Crippen molar-refractivity contribution in [2.24, 2.45) is 0 Å². The third kappa shape index (κ3) is 3.86. The van der Waals surface area contributed by atoms with Gasteiger partial charge in [0.1, 0.15) is 0 Å². The fourth-order valence-electron chi connectivity index (χ4n) is 5.46. The van der Waals surface area contributed by atoms with Crippen molar-refractivity contribution in [3.63, 3.8) is 0 Å². The van der Waals surface area contributed by atoms with Crippen LogP contribution in [-0.2, 0) is 0 Å². The van der Waals surface area contributed by atoms with Crippen molar-refractivity contribution in [2.45, 2.75) is 0 Å². The molecule has 196 valence electrons. The molecule has 2 aliphatic rings. The van der Waals surface area contributed by atoms with Crippen LogP contribution in [0.25, 0.3) is 89.7 Å². The molecular weight excluding hydrogens is 602 g/mol. The van der Waals surface area contributed by atoms with Crippen molar-refractivity contribution in [1.29, 1.82) is 0 Å². The second-order valence-corrected chi connectivity index (χ2v) is 9.67. The van der Waals surface area contributed by atoms with Gasteiger partial charge in [-0.3, -0.25) is 0 Å². The largest absolute Gasteiger partial charge is 0.357 e. The van der Waals surface area contributed by atoms with Crippen LogP contribution in [0, 0.1) is 0 Å². The smallest absolute Gasteiger partial charge is 0.0927 e. The molecule has 8 nitrogen and oxygen atoms in total. The first-order valence-corrected chi connectivity index (χ1v) is 16.3. The Labute approximate surface area is 252 Å². The zero-order valence-corrected chi connectivity index (χ0v) is 24.9. The van der Waals surface area contributed by atoms with Gasteiger partial charge in [0.15, 0.2) is 0 Å². The summed E-state index contributed by atoms with van der Waals surface area (Å²) < 4.78 is 0. The summed E-state index contributed by atoms with van der Waals surface area (Å²) in [5, 5.41) is 3.57. The third-order valence-electron chi connectivity index (χ3n) is 7.33. The van der Waals surface area contributed by atoms with E-state index in [1.807, 2.05) is 97.1 Å². The zero-order valence-electron chi connectivity index (χ0n) is 21.8. The Balaban J connectivity index is 0.00000131. The van der Waals surface area contributed by atoms with Gasteiger partial charge in [0, 0.05) is 44.8 Å². The monoisotopic (exact) mass is 616 g/mol. The maximum absolute atomic E-state index is 4.95. The van der Waals surface area contributed by atoms with E-state index >= 15 is 0 Å². The van der Waals surface area contributed by atoms with Crippen LogP contribution in [0.2, 0.25) is 0 Å². The minimum absolute atomic E-state index is 0.552. The summed E-state index contributed by atoms with van der Waals surface area (Å²) in [5.41, 5.74) is 5.78. The summed E-state index contributed by atoms with van der Waals surface area (Å²) in [6.07, 6.45) is 0. The molecule has 0 unspecified atom stereocenters. The van der Waals surface area contributed by atoms with Crippen molar-refractivity contribution >= 4 is 71.4 Å². The molecule has 0 atom stereocenters. The van der Waals surface area contributed by atoms with Gasteiger partial charge in [0.05, 0.1) is 23.3 Å². The maximum Gasteiger partial charge on any atom is 0.0927 e. The first-order valence-electron chi connectivity index (χ1n) is 13.1. The first-order chi connectivity index (χ1) is 20.8. The fourth-order valence-corrected chi connectivity index (χ4v) is 5.46. The van der Waals surface area contributed by atoms with Gasteiger partial charge >= 0.3 is 27.2 Å². The molecular formula is C32H16ClGaN8-2. The molecule has 9 rings (SSSR count). The molecule has 2 aliphatic heterocycles. The van der Waals surface area contributed by atoms with Crippen LogP contribution in [0.5, 0.6) is 0 Å². The molecule has 0 fully saturated rings. The Bertz CT molecular complexity index is 2040. The van der Waals surface area contributed by atoms with Gasteiger partial charge in [0.2, 0.25) is 0 Å². The molecule has 0 aliphatic carbocycles. The van der Waals surface area contributed by atoms with Crippen LogP contribution in [-0.4, -0.2) is 47.5 Å². The average molecular weight is 618 g/mol. The van der Waals surface area contributed by atoms with Crippen molar-refractivity contribution in [3.8, 4) is 45.6 Å². The summed E-state index contributed by atoms with van der Waals surface area (Å²) in [4.78, 5) is 39.3. The van der Waals surface area contributed by atoms with E-state index < -0.39 is 0 Å².